The number of rotatable bonds is 6. The second-order valence-electron chi connectivity index (χ2n) is 8.89. The molecule has 0 aliphatic carbocycles. The van der Waals surface area contributed by atoms with Crippen molar-refractivity contribution in [2.75, 3.05) is 39.4 Å². The second-order valence-corrected chi connectivity index (χ2v) is 10.1. The number of pyridine rings is 1. The number of hydrogen-bond donors (Lipinski definition) is 1. The zero-order valence-electron chi connectivity index (χ0n) is 19.6. The van der Waals surface area contributed by atoms with E-state index in [0.29, 0.717) is 0 Å². The first-order valence-corrected chi connectivity index (χ1v) is 13.0. The van der Waals surface area contributed by atoms with Crippen molar-refractivity contribution in [1.82, 2.24) is 24.7 Å². The molecular weight excluding hydrogens is 510 g/mol. The zero-order chi connectivity index (χ0) is 23.7. The number of para-hydroxylation sites is 1. The van der Waals surface area contributed by atoms with Gasteiger partial charge in [0.1, 0.15) is 0 Å². The highest BCUT2D eigenvalue weighted by molar-refractivity contribution is 9.10. The van der Waals surface area contributed by atoms with Crippen molar-refractivity contribution in [1.29, 1.82) is 0 Å². The predicted molar refractivity (Wildman–Crippen MR) is 142 cm³/mol. The molecule has 1 N–H and O–H groups in total. The van der Waals surface area contributed by atoms with E-state index < -0.39 is 0 Å². The highest BCUT2D eigenvalue weighted by Gasteiger charge is 2.41. The van der Waals surface area contributed by atoms with Gasteiger partial charge in [-0.15, -0.1) is 0 Å². The third kappa shape index (κ3) is 4.52. The summed E-state index contributed by atoms with van der Waals surface area (Å²) in [6.45, 7) is 9.74. The Bertz CT molecular complexity index is 1160. The lowest BCUT2D eigenvalue weighted by Crippen LogP contribution is -2.42. The van der Waals surface area contributed by atoms with E-state index in [9.17, 15) is 0 Å². The molecule has 1 aromatic carbocycles. The molecule has 2 aromatic heterocycles. The van der Waals surface area contributed by atoms with Gasteiger partial charge in [0, 0.05) is 48.2 Å². The molecule has 2 unspecified atom stereocenters. The van der Waals surface area contributed by atoms with E-state index >= 15 is 0 Å². The lowest BCUT2D eigenvalue weighted by atomic mass is 9.96. The quantitative estimate of drug-likeness (QED) is 0.463. The topological polar surface area (TPSA) is 45.6 Å². The second kappa shape index (κ2) is 10.2. The van der Waals surface area contributed by atoms with E-state index in [4.69, 9.17) is 21.9 Å². The largest absolute Gasteiger partial charge is 0.379 e. The number of nitrogens with one attached hydrogen (secondary N) is 1. The molecule has 0 saturated carbocycles. The lowest BCUT2D eigenvalue weighted by molar-refractivity contribution is 0.0350. The SMILES string of the molecule is Cc1cc(C2C(c3ccccn3)NC(=S)N2CCN2CCOCC2)c(C)n1-c1ccccc1Br. The van der Waals surface area contributed by atoms with Crippen LogP contribution in [0.25, 0.3) is 5.69 Å². The Morgan fingerprint density at radius 3 is 2.59 bits per heavy atom. The highest BCUT2D eigenvalue weighted by atomic mass is 79.9. The molecule has 2 saturated heterocycles. The van der Waals surface area contributed by atoms with E-state index in [-0.39, 0.29) is 12.1 Å². The van der Waals surface area contributed by atoms with Crippen molar-refractivity contribution in [3.8, 4) is 5.69 Å². The Hall–Kier alpha value is -2.26. The highest BCUT2D eigenvalue weighted by Crippen LogP contribution is 2.41. The number of ether oxygens (including phenoxy) is 1. The smallest absolute Gasteiger partial charge is 0.170 e. The fourth-order valence-electron chi connectivity index (χ4n) is 5.15. The summed E-state index contributed by atoms with van der Waals surface area (Å²) >= 11 is 9.63. The van der Waals surface area contributed by atoms with Crippen LogP contribution in [0.1, 0.15) is 34.7 Å². The third-order valence-corrected chi connectivity index (χ3v) is 7.86. The standard InChI is InChI=1S/C26H30BrN5OS/c1-18-17-20(19(2)32(18)23-9-4-3-7-21(23)27)25-24(22-8-5-6-10-28-22)29-26(34)31(25)12-11-30-13-15-33-16-14-30/h3-10,17,24-25H,11-16H2,1-2H3,(H,29,34). The molecule has 0 radical (unpaired) electrons. The van der Waals surface area contributed by atoms with Gasteiger partial charge in [-0.3, -0.25) is 9.88 Å². The van der Waals surface area contributed by atoms with E-state index in [2.05, 4.69) is 79.8 Å². The number of morpholine rings is 1. The molecule has 2 aliphatic heterocycles. The number of thiocarbonyl (C=S) groups is 1. The van der Waals surface area contributed by atoms with Crippen LogP contribution in [0.2, 0.25) is 0 Å². The molecule has 4 heterocycles. The first-order valence-electron chi connectivity index (χ1n) is 11.8. The summed E-state index contributed by atoms with van der Waals surface area (Å²) in [6.07, 6.45) is 1.86. The molecule has 6 nitrogen and oxygen atoms in total. The van der Waals surface area contributed by atoms with Crippen molar-refractivity contribution in [2.24, 2.45) is 0 Å². The molecule has 2 atom stereocenters. The molecule has 34 heavy (non-hydrogen) atoms. The maximum absolute atomic E-state index is 5.89. The van der Waals surface area contributed by atoms with Crippen LogP contribution < -0.4 is 5.32 Å². The Morgan fingerprint density at radius 2 is 1.85 bits per heavy atom. The molecule has 0 amide bonds. The summed E-state index contributed by atoms with van der Waals surface area (Å²) in [5.74, 6) is 0. The van der Waals surface area contributed by atoms with E-state index in [0.717, 1.165) is 60.4 Å². The third-order valence-electron chi connectivity index (χ3n) is 6.84. The summed E-state index contributed by atoms with van der Waals surface area (Å²) in [5, 5.41) is 4.39. The molecule has 2 aliphatic rings. The number of benzene rings is 1. The van der Waals surface area contributed by atoms with Gasteiger partial charge in [-0.1, -0.05) is 18.2 Å². The fourth-order valence-corrected chi connectivity index (χ4v) is 5.94. The first-order chi connectivity index (χ1) is 16.5. The Labute approximate surface area is 215 Å². The number of aryl methyl sites for hydroxylation is 1. The van der Waals surface area contributed by atoms with Crippen LogP contribution >= 0.6 is 28.1 Å². The molecule has 3 aromatic rings. The van der Waals surface area contributed by atoms with Crippen molar-refractivity contribution in [3.63, 3.8) is 0 Å². The molecule has 2 fully saturated rings. The van der Waals surface area contributed by atoms with Crippen molar-refractivity contribution >= 4 is 33.3 Å². The van der Waals surface area contributed by atoms with E-state index in [1.807, 2.05) is 24.4 Å². The van der Waals surface area contributed by atoms with Crippen molar-refractivity contribution in [3.05, 3.63) is 81.8 Å². The number of hydrogen-bond acceptors (Lipinski definition) is 4. The Balaban J connectivity index is 1.53. The van der Waals surface area contributed by atoms with Crippen LogP contribution in [0.5, 0.6) is 0 Å². The lowest BCUT2D eigenvalue weighted by Gasteiger charge is -2.32. The van der Waals surface area contributed by atoms with Gasteiger partial charge < -0.3 is 19.5 Å². The molecule has 178 valence electrons. The molecule has 0 spiro atoms. The maximum atomic E-state index is 5.89. The molecule has 0 bridgehead atoms. The number of halogens is 1. The summed E-state index contributed by atoms with van der Waals surface area (Å²) in [4.78, 5) is 9.51. The first kappa shape index (κ1) is 23.5. The number of aromatic nitrogens is 2. The van der Waals surface area contributed by atoms with E-state index in [1.165, 1.54) is 17.0 Å². The summed E-state index contributed by atoms with van der Waals surface area (Å²) in [5.41, 5.74) is 5.85. The molecule has 5 rings (SSSR count). The van der Waals surface area contributed by atoms with Crippen molar-refractivity contribution < 1.29 is 4.74 Å². The van der Waals surface area contributed by atoms with Crippen molar-refractivity contribution in [2.45, 2.75) is 25.9 Å². The van der Waals surface area contributed by atoms with Gasteiger partial charge in [0.2, 0.25) is 0 Å². The minimum absolute atomic E-state index is 0.00782. The minimum Gasteiger partial charge on any atom is -0.379 e. The minimum atomic E-state index is -0.00782. The van der Waals surface area contributed by atoms with Gasteiger partial charge in [0.05, 0.1) is 36.7 Å². The van der Waals surface area contributed by atoms with Gasteiger partial charge in [0.15, 0.2) is 5.11 Å². The predicted octanol–water partition coefficient (Wildman–Crippen LogP) is 4.56. The van der Waals surface area contributed by atoms with Gasteiger partial charge in [-0.2, -0.15) is 0 Å². The van der Waals surface area contributed by atoms with Crippen LogP contribution in [-0.2, 0) is 4.74 Å². The average molecular weight is 541 g/mol. The van der Waals surface area contributed by atoms with Crippen LogP contribution in [-0.4, -0.2) is 63.9 Å². The number of nitrogens with zero attached hydrogens (tertiary/aromatic N) is 4. The monoisotopic (exact) mass is 539 g/mol. The maximum Gasteiger partial charge on any atom is 0.170 e. The zero-order valence-corrected chi connectivity index (χ0v) is 22.0. The van der Waals surface area contributed by atoms with Crippen LogP contribution in [0.3, 0.4) is 0 Å². The van der Waals surface area contributed by atoms with Crippen LogP contribution in [0.4, 0.5) is 0 Å². The average Bonchev–Trinajstić information content (AvgIpc) is 3.34. The van der Waals surface area contributed by atoms with Gasteiger partial charge in [0.25, 0.3) is 0 Å². The van der Waals surface area contributed by atoms with Gasteiger partial charge in [-0.25, -0.2) is 0 Å². The Morgan fingerprint density at radius 1 is 1.09 bits per heavy atom. The normalized spacial score (nSPS) is 21.1. The summed E-state index contributed by atoms with van der Waals surface area (Å²) in [7, 11) is 0. The summed E-state index contributed by atoms with van der Waals surface area (Å²) < 4.78 is 8.94. The van der Waals surface area contributed by atoms with E-state index in [1.54, 1.807) is 0 Å². The Kier molecular flexibility index (Phi) is 7.01. The van der Waals surface area contributed by atoms with Gasteiger partial charge >= 0.3 is 0 Å². The molecular formula is C26H30BrN5OS. The fraction of sp³-hybridized carbons (Fsp3) is 0.385. The summed E-state index contributed by atoms with van der Waals surface area (Å²) in [6, 6.07) is 16.8. The molecule has 8 heteroatoms. The van der Waals surface area contributed by atoms with Gasteiger partial charge in [-0.05, 0) is 77.9 Å². The van der Waals surface area contributed by atoms with Crippen LogP contribution in [0, 0.1) is 13.8 Å². The van der Waals surface area contributed by atoms with Crippen LogP contribution in [0.15, 0.2) is 59.2 Å².